The number of para-hydroxylation sites is 2. The van der Waals surface area contributed by atoms with Crippen molar-refractivity contribution in [3.63, 3.8) is 0 Å². The van der Waals surface area contributed by atoms with Gasteiger partial charge in [0.1, 0.15) is 0 Å². The number of nitrogens with zero attached hydrogens (tertiary/aromatic N) is 1. The van der Waals surface area contributed by atoms with E-state index >= 15 is 0 Å². The molecule has 0 spiro atoms. The summed E-state index contributed by atoms with van der Waals surface area (Å²) in [7, 11) is 0. The number of carbonyl (C=O) groups is 3. The van der Waals surface area contributed by atoms with Crippen LogP contribution in [-0.2, 0) is 14.4 Å². The van der Waals surface area contributed by atoms with Gasteiger partial charge in [-0.2, -0.15) is 0 Å². The molecule has 26 heavy (non-hydrogen) atoms. The summed E-state index contributed by atoms with van der Waals surface area (Å²) < 4.78 is 0. The number of piperazine rings is 1. The number of anilines is 2. The molecule has 138 valence electrons. The Balaban J connectivity index is 1.54. The number of allylic oxidation sites excluding steroid dienone is 2. The second-order valence-electron chi connectivity index (χ2n) is 6.58. The third-order valence-corrected chi connectivity index (χ3v) is 4.58. The third-order valence-electron chi connectivity index (χ3n) is 4.58. The largest absolute Gasteiger partial charge is 0.374 e. The molecular formula is C19H24N4O3. The van der Waals surface area contributed by atoms with E-state index in [0.29, 0.717) is 36.8 Å². The Morgan fingerprint density at radius 2 is 2.04 bits per heavy atom. The Labute approximate surface area is 152 Å². The molecule has 7 heteroatoms. The molecular weight excluding hydrogens is 332 g/mol. The number of amides is 3. The Bertz CT molecular complexity index is 716. The van der Waals surface area contributed by atoms with E-state index in [-0.39, 0.29) is 30.8 Å². The first-order chi connectivity index (χ1) is 12.6. The normalized spacial score (nSPS) is 19.2. The second-order valence-corrected chi connectivity index (χ2v) is 6.58. The van der Waals surface area contributed by atoms with Gasteiger partial charge in [0, 0.05) is 19.5 Å². The zero-order chi connectivity index (χ0) is 18.4. The number of carbonyl (C=O) groups excluding carboxylic acids is 3. The Kier molecular flexibility index (Phi) is 5.88. The van der Waals surface area contributed by atoms with Crippen LogP contribution < -0.4 is 16.0 Å². The monoisotopic (exact) mass is 356 g/mol. The van der Waals surface area contributed by atoms with Gasteiger partial charge in [0.25, 0.3) is 0 Å². The average molecular weight is 356 g/mol. The molecule has 0 radical (unpaired) electrons. The van der Waals surface area contributed by atoms with Gasteiger partial charge >= 0.3 is 0 Å². The van der Waals surface area contributed by atoms with E-state index in [4.69, 9.17) is 0 Å². The fourth-order valence-electron chi connectivity index (χ4n) is 3.19. The van der Waals surface area contributed by atoms with Crippen molar-refractivity contribution in [1.82, 2.24) is 10.2 Å². The zero-order valence-electron chi connectivity index (χ0n) is 14.7. The molecule has 1 unspecified atom stereocenters. The molecule has 3 N–H and O–H groups in total. The first-order valence-corrected chi connectivity index (χ1v) is 8.95. The van der Waals surface area contributed by atoms with Crippen molar-refractivity contribution in [2.45, 2.75) is 19.3 Å². The van der Waals surface area contributed by atoms with Crippen molar-refractivity contribution in [2.24, 2.45) is 5.92 Å². The third kappa shape index (κ3) is 4.84. The van der Waals surface area contributed by atoms with Gasteiger partial charge in [0.05, 0.1) is 24.5 Å². The van der Waals surface area contributed by atoms with Crippen molar-refractivity contribution in [3.8, 4) is 0 Å². The molecule has 1 heterocycles. The first kappa shape index (κ1) is 18.0. The molecule has 0 bridgehead atoms. The molecule has 1 atom stereocenters. The summed E-state index contributed by atoms with van der Waals surface area (Å²) in [6.45, 7) is 1.16. The highest BCUT2D eigenvalue weighted by molar-refractivity contribution is 5.95. The summed E-state index contributed by atoms with van der Waals surface area (Å²) in [4.78, 5) is 37.4. The molecule has 3 amide bonds. The van der Waals surface area contributed by atoms with Crippen LogP contribution in [0, 0.1) is 5.92 Å². The minimum Gasteiger partial charge on any atom is -0.374 e. The van der Waals surface area contributed by atoms with Crippen LogP contribution in [0.2, 0.25) is 0 Å². The van der Waals surface area contributed by atoms with Gasteiger partial charge in [0.2, 0.25) is 17.7 Å². The number of rotatable bonds is 6. The van der Waals surface area contributed by atoms with Crippen molar-refractivity contribution >= 4 is 29.1 Å². The van der Waals surface area contributed by atoms with Crippen LogP contribution in [0.25, 0.3) is 0 Å². The van der Waals surface area contributed by atoms with Gasteiger partial charge in [0.15, 0.2) is 0 Å². The lowest BCUT2D eigenvalue weighted by atomic mass is 10.0. The maximum Gasteiger partial charge on any atom is 0.242 e. The lowest BCUT2D eigenvalue weighted by Crippen LogP contribution is -2.51. The SMILES string of the molecule is O=C1CN(C(=O)CNc2ccccc2NC(=O)CC2C=CCC2)CCN1. The number of hydrogen-bond donors (Lipinski definition) is 3. The highest BCUT2D eigenvalue weighted by atomic mass is 16.2. The van der Waals surface area contributed by atoms with E-state index < -0.39 is 0 Å². The highest BCUT2D eigenvalue weighted by Crippen LogP contribution is 2.24. The van der Waals surface area contributed by atoms with Crippen molar-refractivity contribution in [2.75, 3.05) is 36.8 Å². The van der Waals surface area contributed by atoms with Gasteiger partial charge in [-0.25, -0.2) is 0 Å². The Morgan fingerprint density at radius 1 is 1.23 bits per heavy atom. The van der Waals surface area contributed by atoms with Gasteiger partial charge in [-0.3, -0.25) is 14.4 Å². The predicted octanol–water partition coefficient (Wildman–Crippen LogP) is 1.35. The number of nitrogens with one attached hydrogen (secondary N) is 3. The van der Waals surface area contributed by atoms with Crippen LogP contribution in [0.5, 0.6) is 0 Å². The average Bonchev–Trinajstić information content (AvgIpc) is 3.13. The van der Waals surface area contributed by atoms with E-state index in [1.54, 1.807) is 0 Å². The molecule has 1 fully saturated rings. The molecule has 1 aromatic rings. The van der Waals surface area contributed by atoms with E-state index in [2.05, 4.69) is 28.1 Å². The summed E-state index contributed by atoms with van der Waals surface area (Å²) in [6.07, 6.45) is 6.72. The van der Waals surface area contributed by atoms with Crippen LogP contribution in [-0.4, -0.2) is 48.8 Å². The van der Waals surface area contributed by atoms with Crippen molar-refractivity contribution in [3.05, 3.63) is 36.4 Å². The van der Waals surface area contributed by atoms with Gasteiger partial charge in [-0.05, 0) is 30.9 Å². The van der Waals surface area contributed by atoms with Crippen LogP contribution in [0.15, 0.2) is 36.4 Å². The van der Waals surface area contributed by atoms with Crippen LogP contribution in [0.4, 0.5) is 11.4 Å². The fourth-order valence-corrected chi connectivity index (χ4v) is 3.19. The maximum atomic E-state index is 12.3. The lowest BCUT2D eigenvalue weighted by molar-refractivity contribution is -0.136. The molecule has 1 aliphatic heterocycles. The summed E-state index contributed by atoms with van der Waals surface area (Å²) in [5.41, 5.74) is 1.35. The van der Waals surface area contributed by atoms with E-state index in [1.807, 2.05) is 24.3 Å². The topological polar surface area (TPSA) is 90.5 Å². The number of hydrogen-bond acceptors (Lipinski definition) is 4. The number of benzene rings is 1. The summed E-state index contributed by atoms with van der Waals surface area (Å²) >= 11 is 0. The minimum atomic E-state index is -0.142. The zero-order valence-corrected chi connectivity index (χ0v) is 14.7. The fraction of sp³-hybridized carbons (Fsp3) is 0.421. The molecule has 1 aromatic carbocycles. The van der Waals surface area contributed by atoms with Crippen molar-refractivity contribution < 1.29 is 14.4 Å². The smallest absolute Gasteiger partial charge is 0.242 e. The standard InChI is InChI=1S/C19H24N4O3/c24-17(11-14-5-1-2-6-14)22-16-8-4-3-7-15(16)21-12-19(26)23-10-9-20-18(25)13-23/h1,3-5,7-8,14,21H,2,6,9-13H2,(H,20,25)(H,22,24). The lowest BCUT2D eigenvalue weighted by Gasteiger charge is -2.27. The minimum absolute atomic E-state index is 0.0326. The molecule has 3 rings (SSSR count). The maximum absolute atomic E-state index is 12.3. The Hall–Kier alpha value is -2.83. The highest BCUT2D eigenvalue weighted by Gasteiger charge is 2.21. The molecule has 0 aromatic heterocycles. The molecule has 2 aliphatic rings. The van der Waals surface area contributed by atoms with E-state index in [0.717, 1.165) is 12.8 Å². The summed E-state index contributed by atoms with van der Waals surface area (Å²) in [5, 5.41) is 8.69. The van der Waals surface area contributed by atoms with Gasteiger partial charge in [-0.1, -0.05) is 24.3 Å². The molecule has 1 aliphatic carbocycles. The Morgan fingerprint density at radius 3 is 2.77 bits per heavy atom. The van der Waals surface area contributed by atoms with Gasteiger partial charge in [-0.15, -0.1) is 0 Å². The van der Waals surface area contributed by atoms with Gasteiger partial charge < -0.3 is 20.9 Å². The van der Waals surface area contributed by atoms with E-state index in [9.17, 15) is 14.4 Å². The second kappa shape index (κ2) is 8.51. The summed E-state index contributed by atoms with van der Waals surface area (Å²) in [5.74, 6) is -0.00734. The van der Waals surface area contributed by atoms with Crippen LogP contribution in [0.3, 0.4) is 0 Å². The van der Waals surface area contributed by atoms with Crippen molar-refractivity contribution in [1.29, 1.82) is 0 Å². The molecule has 7 nitrogen and oxygen atoms in total. The van der Waals surface area contributed by atoms with E-state index in [1.165, 1.54) is 4.90 Å². The van der Waals surface area contributed by atoms with Crippen LogP contribution in [0.1, 0.15) is 19.3 Å². The quantitative estimate of drug-likeness (QED) is 0.671. The summed E-state index contributed by atoms with van der Waals surface area (Å²) in [6, 6.07) is 7.31. The van der Waals surface area contributed by atoms with Crippen LogP contribution >= 0.6 is 0 Å². The first-order valence-electron chi connectivity index (χ1n) is 8.95. The predicted molar refractivity (Wildman–Crippen MR) is 99.6 cm³/mol. The molecule has 0 saturated carbocycles. The molecule has 1 saturated heterocycles.